The predicted octanol–water partition coefficient (Wildman–Crippen LogP) is 3.59. The van der Waals surface area contributed by atoms with Crippen LogP contribution in [0.15, 0.2) is 30.6 Å². The van der Waals surface area contributed by atoms with Gasteiger partial charge in [0.2, 0.25) is 0 Å². The molecule has 1 aromatic carbocycles. The van der Waals surface area contributed by atoms with Gasteiger partial charge in [0.05, 0.1) is 6.33 Å². The molecule has 1 aliphatic rings. The van der Waals surface area contributed by atoms with Gasteiger partial charge in [0.1, 0.15) is 11.5 Å². The first kappa shape index (κ1) is 11.3. The maximum atomic E-state index is 6.17. The van der Waals surface area contributed by atoms with E-state index in [0.717, 1.165) is 17.1 Å². The summed E-state index contributed by atoms with van der Waals surface area (Å²) in [6, 6.07) is 9.14. The van der Waals surface area contributed by atoms with Crippen LogP contribution in [0.3, 0.4) is 0 Å². The Morgan fingerprint density at radius 3 is 2.44 bits per heavy atom. The highest BCUT2D eigenvalue weighted by Crippen LogP contribution is 2.39. The van der Waals surface area contributed by atoms with Gasteiger partial charge in [-0.05, 0) is 24.3 Å². The number of aromatic nitrogens is 2. The molecule has 94 valence electrons. The second-order valence-electron chi connectivity index (χ2n) is 5.39. The molecule has 1 saturated carbocycles. The van der Waals surface area contributed by atoms with Gasteiger partial charge >= 0.3 is 0 Å². The zero-order valence-electron chi connectivity index (χ0n) is 10.9. The molecule has 3 nitrogen and oxygen atoms in total. The van der Waals surface area contributed by atoms with Gasteiger partial charge in [-0.2, -0.15) is 0 Å². The van der Waals surface area contributed by atoms with Crippen molar-refractivity contribution in [1.82, 2.24) is 9.55 Å². The van der Waals surface area contributed by atoms with Crippen LogP contribution in [0, 0.1) is 0 Å². The van der Waals surface area contributed by atoms with Crippen LogP contribution >= 0.6 is 0 Å². The van der Waals surface area contributed by atoms with E-state index in [-0.39, 0.29) is 0 Å². The highest BCUT2D eigenvalue weighted by molar-refractivity contribution is 5.70. The second kappa shape index (κ2) is 4.16. The molecule has 0 radical (unpaired) electrons. The van der Waals surface area contributed by atoms with Crippen LogP contribution in [-0.2, 0) is 0 Å². The van der Waals surface area contributed by atoms with Crippen LogP contribution in [0.4, 0.5) is 5.82 Å². The van der Waals surface area contributed by atoms with E-state index < -0.39 is 0 Å². The lowest BCUT2D eigenvalue weighted by Crippen LogP contribution is -1.99. The maximum absolute atomic E-state index is 6.17. The summed E-state index contributed by atoms with van der Waals surface area (Å²) in [7, 11) is 0. The standard InChI is InChI=1S/C15H19N3/c1-10(2)11-3-5-12(6-4-11)14-15(16)18(9-17-14)13-7-8-13/h3-6,9-10,13H,7-8,16H2,1-2H3. The summed E-state index contributed by atoms with van der Waals surface area (Å²) in [6.07, 6.45) is 4.33. The fourth-order valence-corrected chi connectivity index (χ4v) is 2.26. The molecule has 2 N–H and O–H groups in total. The molecule has 0 amide bonds. The molecular formula is C15H19N3. The number of hydrogen-bond donors (Lipinski definition) is 1. The van der Waals surface area contributed by atoms with E-state index in [9.17, 15) is 0 Å². The summed E-state index contributed by atoms with van der Waals surface area (Å²) in [5.74, 6) is 1.36. The fraction of sp³-hybridized carbons (Fsp3) is 0.400. The van der Waals surface area contributed by atoms with Crippen LogP contribution < -0.4 is 5.73 Å². The number of rotatable bonds is 3. The molecule has 0 atom stereocenters. The van der Waals surface area contributed by atoms with E-state index in [1.165, 1.54) is 18.4 Å². The third-order valence-corrected chi connectivity index (χ3v) is 3.62. The Morgan fingerprint density at radius 2 is 1.89 bits per heavy atom. The van der Waals surface area contributed by atoms with Crippen molar-refractivity contribution < 1.29 is 0 Å². The molecule has 3 heteroatoms. The van der Waals surface area contributed by atoms with Crippen LogP contribution in [0.25, 0.3) is 11.3 Å². The van der Waals surface area contributed by atoms with Crippen LogP contribution in [0.1, 0.15) is 44.2 Å². The van der Waals surface area contributed by atoms with Gasteiger partial charge in [-0.1, -0.05) is 38.1 Å². The second-order valence-corrected chi connectivity index (χ2v) is 5.39. The smallest absolute Gasteiger partial charge is 0.131 e. The van der Waals surface area contributed by atoms with Crippen molar-refractivity contribution in [1.29, 1.82) is 0 Å². The monoisotopic (exact) mass is 241 g/mol. The number of benzene rings is 1. The number of anilines is 1. The molecule has 0 spiro atoms. The van der Waals surface area contributed by atoms with Crippen molar-refractivity contribution in [3.63, 3.8) is 0 Å². The lowest BCUT2D eigenvalue weighted by atomic mass is 10.0. The topological polar surface area (TPSA) is 43.8 Å². The first-order valence-electron chi connectivity index (χ1n) is 6.59. The van der Waals surface area contributed by atoms with E-state index in [1.807, 2.05) is 6.33 Å². The first-order chi connectivity index (χ1) is 8.66. The lowest BCUT2D eigenvalue weighted by molar-refractivity contribution is 0.751. The van der Waals surface area contributed by atoms with Crippen LogP contribution in [0.2, 0.25) is 0 Å². The Bertz CT molecular complexity index is 548. The van der Waals surface area contributed by atoms with E-state index in [2.05, 4.69) is 47.7 Å². The highest BCUT2D eigenvalue weighted by atomic mass is 15.2. The molecule has 18 heavy (non-hydrogen) atoms. The molecule has 1 heterocycles. The minimum Gasteiger partial charge on any atom is -0.383 e. The third-order valence-electron chi connectivity index (χ3n) is 3.62. The molecule has 3 rings (SSSR count). The molecule has 0 saturated heterocycles. The Morgan fingerprint density at radius 1 is 1.22 bits per heavy atom. The Balaban J connectivity index is 1.94. The van der Waals surface area contributed by atoms with Gasteiger partial charge < -0.3 is 10.3 Å². The van der Waals surface area contributed by atoms with Crippen LogP contribution in [-0.4, -0.2) is 9.55 Å². The Hall–Kier alpha value is -1.77. The predicted molar refractivity (Wildman–Crippen MR) is 74.4 cm³/mol. The molecule has 1 aromatic heterocycles. The maximum Gasteiger partial charge on any atom is 0.131 e. The number of imidazole rings is 1. The van der Waals surface area contributed by atoms with Crippen molar-refractivity contribution in [2.75, 3.05) is 5.73 Å². The lowest BCUT2D eigenvalue weighted by Gasteiger charge is -2.07. The highest BCUT2D eigenvalue weighted by Gasteiger charge is 2.26. The zero-order chi connectivity index (χ0) is 12.7. The van der Waals surface area contributed by atoms with Crippen molar-refractivity contribution in [2.24, 2.45) is 0 Å². The number of hydrogen-bond acceptors (Lipinski definition) is 2. The summed E-state index contributed by atoms with van der Waals surface area (Å²) in [5.41, 5.74) is 9.54. The molecule has 0 aliphatic heterocycles. The SMILES string of the molecule is CC(C)c1ccc(-c2ncn(C3CC3)c2N)cc1. The van der Waals surface area contributed by atoms with Gasteiger partial charge in [0, 0.05) is 11.6 Å². The molecule has 1 aliphatic carbocycles. The minimum atomic E-state index is 0.556. The number of nitrogens with two attached hydrogens (primary N) is 1. The molecule has 2 aromatic rings. The van der Waals surface area contributed by atoms with Gasteiger partial charge in [-0.25, -0.2) is 4.98 Å². The Kier molecular flexibility index (Phi) is 2.62. The summed E-state index contributed by atoms with van der Waals surface area (Å²) in [4.78, 5) is 4.46. The summed E-state index contributed by atoms with van der Waals surface area (Å²) < 4.78 is 2.10. The van der Waals surface area contributed by atoms with Gasteiger partial charge in [-0.3, -0.25) is 0 Å². The number of nitrogens with zero attached hydrogens (tertiary/aromatic N) is 2. The molecule has 0 bridgehead atoms. The summed E-state index contributed by atoms with van der Waals surface area (Å²) >= 11 is 0. The van der Waals surface area contributed by atoms with Crippen molar-refractivity contribution in [3.05, 3.63) is 36.2 Å². The average Bonchev–Trinajstić information content (AvgIpc) is 3.13. The zero-order valence-corrected chi connectivity index (χ0v) is 10.9. The summed E-state index contributed by atoms with van der Waals surface area (Å²) in [6.45, 7) is 4.40. The number of nitrogen functional groups attached to an aromatic ring is 1. The molecule has 1 fully saturated rings. The normalized spacial score (nSPS) is 15.3. The van der Waals surface area contributed by atoms with Crippen LogP contribution in [0.5, 0.6) is 0 Å². The van der Waals surface area contributed by atoms with E-state index >= 15 is 0 Å². The minimum absolute atomic E-state index is 0.556. The van der Waals surface area contributed by atoms with Crippen molar-refractivity contribution in [3.8, 4) is 11.3 Å². The van der Waals surface area contributed by atoms with E-state index in [1.54, 1.807) is 0 Å². The van der Waals surface area contributed by atoms with Crippen molar-refractivity contribution >= 4 is 5.82 Å². The third kappa shape index (κ3) is 1.90. The largest absolute Gasteiger partial charge is 0.383 e. The summed E-state index contributed by atoms with van der Waals surface area (Å²) in [5, 5.41) is 0. The first-order valence-corrected chi connectivity index (χ1v) is 6.59. The Labute approximate surface area is 108 Å². The quantitative estimate of drug-likeness (QED) is 0.892. The average molecular weight is 241 g/mol. The molecular weight excluding hydrogens is 222 g/mol. The van der Waals surface area contributed by atoms with E-state index in [0.29, 0.717) is 12.0 Å². The fourth-order valence-electron chi connectivity index (χ4n) is 2.26. The van der Waals surface area contributed by atoms with Gasteiger partial charge in [-0.15, -0.1) is 0 Å². The van der Waals surface area contributed by atoms with Gasteiger partial charge in [0.25, 0.3) is 0 Å². The van der Waals surface area contributed by atoms with Crippen molar-refractivity contribution in [2.45, 2.75) is 38.6 Å². The van der Waals surface area contributed by atoms with E-state index in [4.69, 9.17) is 5.73 Å². The molecule has 0 unspecified atom stereocenters. The van der Waals surface area contributed by atoms with Gasteiger partial charge in [0.15, 0.2) is 0 Å².